The summed E-state index contributed by atoms with van der Waals surface area (Å²) < 4.78 is 1.21. The summed E-state index contributed by atoms with van der Waals surface area (Å²) >= 11 is 5.36. The van der Waals surface area contributed by atoms with Crippen LogP contribution in [0.3, 0.4) is 0 Å². The zero-order valence-electron chi connectivity index (χ0n) is 9.87. The van der Waals surface area contributed by atoms with E-state index in [1.807, 2.05) is 11.3 Å². The largest absolute Gasteiger partial charge is 0.311 e. The highest BCUT2D eigenvalue weighted by molar-refractivity contribution is 9.10. The van der Waals surface area contributed by atoms with Crippen molar-refractivity contribution in [3.8, 4) is 0 Å². The summed E-state index contributed by atoms with van der Waals surface area (Å²) in [6, 6.07) is 2.88. The number of rotatable bonds is 3. The number of hydrogen-bond donors (Lipinski definition) is 1. The Morgan fingerprint density at radius 2 is 2.44 bits per heavy atom. The molecule has 2 rings (SSSR count). The maximum atomic E-state index is 3.59. The van der Waals surface area contributed by atoms with Gasteiger partial charge in [-0.25, -0.2) is 0 Å². The molecule has 0 radical (unpaired) electrons. The quantitative estimate of drug-likeness (QED) is 0.923. The number of nitrogens with zero attached hydrogens (tertiary/aromatic N) is 1. The summed E-state index contributed by atoms with van der Waals surface area (Å²) in [4.78, 5) is 4.01. The van der Waals surface area contributed by atoms with Gasteiger partial charge in [-0.1, -0.05) is 13.8 Å². The lowest BCUT2D eigenvalue weighted by molar-refractivity contribution is 0.170. The maximum Gasteiger partial charge on any atom is 0.0329 e. The highest BCUT2D eigenvalue weighted by atomic mass is 79.9. The predicted molar refractivity (Wildman–Crippen MR) is 73.9 cm³/mol. The molecule has 1 fully saturated rings. The van der Waals surface area contributed by atoms with Crippen molar-refractivity contribution < 1.29 is 0 Å². The molecule has 1 N–H and O–H groups in total. The van der Waals surface area contributed by atoms with Gasteiger partial charge in [-0.15, -0.1) is 11.3 Å². The Hall–Kier alpha value is 0.1000. The molecule has 4 heteroatoms. The Morgan fingerprint density at radius 3 is 3.06 bits per heavy atom. The topological polar surface area (TPSA) is 15.3 Å². The molecule has 0 saturated carbocycles. The van der Waals surface area contributed by atoms with Crippen LogP contribution in [0.2, 0.25) is 0 Å². The number of thiophene rings is 1. The van der Waals surface area contributed by atoms with Crippen LogP contribution in [0.25, 0.3) is 0 Å². The van der Waals surface area contributed by atoms with E-state index in [0.717, 1.165) is 19.0 Å². The van der Waals surface area contributed by atoms with Gasteiger partial charge in [0.2, 0.25) is 0 Å². The molecular weight excluding hydrogens is 284 g/mol. The molecule has 0 bridgehead atoms. The van der Waals surface area contributed by atoms with E-state index in [0.29, 0.717) is 6.04 Å². The van der Waals surface area contributed by atoms with Gasteiger partial charge in [0.25, 0.3) is 0 Å². The van der Waals surface area contributed by atoms with Gasteiger partial charge in [-0.05, 0) is 27.9 Å². The van der Waals surface area contributed by atoms with E-state index in [1.165, 1.54) is 22.4 Å². The standard InChI is InChI=1S/C12H19BrN2S/c1-9(2)12-7-15(4-3-14-12)6-11-5-10(13)8-16-11/h5,8-9,12,14H,3-4,6-7H2,1-2H3. The van der Waals surface area contributed by atoms with Gasteiger partial charge in [-0.2, -0.15) is 0 Å². The van der Waals surface area contributed by atoms with E-state index in [9.17, 15) is 0 Å². The van der Waals surface area contributed by atoms with Crippen LogP contribution in [-0.4, -0.2) is 30.6 Å². The highest BCUT2D eigenvalue weighted by Gasteiger charge is 2.21. The monoisotopic (exact) mass is 302 g/mol. The van der Waals surface area contributed by atoms with Crippen molar-refractivity contribution in [1.82, 2.24) is 10.2 Å². The number of piperazine rings is 1. The summed E-state index contributed by atoms with van der Waals surface area (Å²) in [6.45, 7) is 9.15. The average Bonchev–Trinajstić information content (AvgIpc) is 2.64. The van der Waals surface area contributed by atoms with E-state index >= 15 is 0 Å². The SMILES string of the molecule is CC(C)C1CN(Cc2cc(Br)cs2)CCN1. The molecule has 1 aromatic heterocycles. The minimum absolute atomic E-state index is 0.650. The first-order chi connectivity index (χ1) is 7.65. The Balaban J connectivity index is 1.90. The van der Waals surface area contributed by atoms with Gasteiger partial charge in [0.05, 0.1) is 0 Å². The number of nitrogens with one attached hydrogen (secondary N) is 1. The lowest BCUT2D eigenvalue weighted by atomic mass is 10.0. The minimum atomic E-state index is 0.650. The molecule has 1 unspecified atom stereocenters. The van der Waals surface area contributed by atoms with Crippen LogP contribution in [0.1, 0.15) is 18.7 Å². The molecule has 0 spiro atoms. The fraction of sp³-hybridized carbons (Fsp3) is 0.667. The lowest BCUT2D eigenvalue weighted by Crippen LogP contribution is -2.52. The molecular formula is C12H19BrN2S. The molecule has 0 aromatic carbocycles. The molecule has 0 amide bonds. The van der Waals surface area contributed by atoms with Crippen LogP contribution in [0, 0.1) is 5.92 Å². The predicted octanol–water partition coefficient (Wildman–Crippen LogP) is 2.94. The molecule has 1 aliphatic heterocycles. The van der Waals surface area contributed by atoms with Crippen molar-refractivity contribution in [3.05, 3.63) is 20.8 Å². The van der Waals surface area contributed by atoms with Gasteiger partial charge >= 0.3 is 0 Å². The first kappa shape index (κ1) is 12.6. The van der Waals surface area contributed by atoms with Crippen LogP contribution in [0.15, 0.2) is 15.9 Å². The second kappa shape index (κ2) is 5.63. The molecule has 2 nitrogen and oxygen atoms in total. The summed E-state index contributed by atoms with van der Waals surface area (Å²) in [7, 11) is 0. The van der Waals surface area contributed by atoms with Gasteiger partial charge in [0, 0.05) is 47.0 Å². The van der Waals surface area contributed by atoms with Crippen LogP contribution in [0.4, 0.5) is 0 Å². The fourth-order valence-corrected chi connectivity index (χ4v) is 3.58. The van der Waals surface area contributed by atoms with Crippen molar-refractivity contribution in [1.29, 1.82) is 0 Å². The molecule has 16 heavy (non-hydrogen) atoms. The van der Waals surface area contributed by atoms with Crippen LogP contribution in [-0.2, 0) is 6.54 Å². The molecule has 90 valence electrons. The van der Waals surface area contributed by atoms with Crippen LogP contribution < -0.4 is 5.32 Å². The van der Waals surface area contributed by atoms with Gasteiger partial charge in [-0.3, -0.25) is 4.90 Å². The highest BCUT2D eigenvalue weighted by Crippen LogP contribution is 2.22. The van der Waals surface area contributed by atoms with Crippen LogP contribution in [0.5, 0.6) is 0 Å². The second-order valence-electron chi connectivity index (χ2n) is 4.77. The molecule has 1 atom stereocenters. The van der Waals surface area contributed by atoms with Crippen LogP contribution >= 0.6 is 27.3 Å². The third-order valence-electron chi connectivity index (χ3n) is 3.10. The van der Waals surface area contributed by atoms with Crippen molar-refractivity contribution in [2.75, 3.05) is 19.6 Å². The van der Waals surface area contributed by atoms with E-state index in [-0.39, 0.29) is 0 Å². The molecule has 1 aromatic rings. The van der Waals surface area contributed by atoms with Crippen molar-refractivity contribution in [2.45, 2.75) is 26.4 Å². The normalized spacial score (nSPS) is 22.9. The Morgan fingerprint density at radius 1 is 1.62 bits per heavy atom. The average molecular weight is 303 g/mol. The van der Waals surface area contributed by atoms with Crippen molar-refractivity contribution >= 4 is 27.3 Å². The fourth-order valence-electron chi connectivity index (χ4n) is 2.09. The van der Waals surface area contributed by atoms with Gasteiger partial charge < -0.3 is 5.32 Å². The first-order valence-corrected chi connectivity index (χ1v) is 7.51. The van der Waals surface area contributed by atoms with E-state index in [1.54, 1.807) is 0 Å². The Bertz CT molecular complexity index is 338. The van der Waals surface area contributed by atoms with Gasteiger partial charge in [0.1, 0.15) is 0 Å². The van der Waals surface area contributed by atoms with E-state index in [2.05, 4.69) is 51.4 Å². The number of halogens is 1. The zero-order chi connectivity index (χ0) is 11.5. The first-order valence-electron chi connectivity index (χ1n) is 5.84. The minimum Gasteiger partial charge on any atom is -0.311 e. The van der Waals surface area contributed by atoms with E-state index < -0.39 is 0 Å². The Kier molecular flexibility index (Phi) is 4.41. The second-order valence-corrected chi connectivity index (χ2v) is 6.68. The molecule has 2 heterocycles. The van der Waals surface area contributed by atoms with Gasteiger partial charge in [0.15, 0.2) is 0 Å². The van der Waals surface area contributed by atoms with Crippen molar-refractivity contribution in [2.24, 2.45) is 5.92 Å². The van der Waals surface area contributed by atoms with Crippen molar-refractivity contribution in [3.63, 3.8) is 0 Å². The molecule has 1 saturated heterocycles. The summed E-state index contributed by atoms with van der Waals surface area (Å²) in [6.07, 6.45) is 0. The Labute approximate surface area is 110 Å². The van der Waals surface area contributed by atoms with E-state index in [4.69, 9.17) is 0 Å². The zero-order valence-corrected chi connectivity index (χ0v) is 12.3. The lowest BCUT2D eigenvalue weighted by Gasteiger charge is -2.35. The summed E-state index contributed by atoms with van der Waals surface area (Å²) in [5, 5.41) is 5.76. The smallest absolute Gasteiger partial charge is 0.0329 e. The third kappa shape index (κ3) is 3.29. The third-order valence-corrected chi connectivity index (χ3v) is 4.78. The molecule has 0 aliphatic carbocycles. The maximum absolute atomic E-state index is 3.59. The summed E-state index contributed by atoms with van der Waals surface area (Å²) in [5.74, 6) is 0.720. The number of hydrogen-bond acceptors (Lipinski definition) is 3. The summed E-state index contributed by atoms with van der Waals surface area (Å²) in [5.41, 5.74) is 0. The molecule has 1 aliphatic rings.